The predicted octanol–water partition coefficient (Wildman–Crippen LogP) is 0.589. The van der Waals surface area contributed by atoms with E-state index in [4.69, 9.17) is 0 Å². The molecular formula is C39H51N7O7. The van der Waals surface area contributed by atoms with Gasteiger partial charge in [0.25, 0.3) is 0 Å². The lowest BCUT2D eigenvalue weighted by molar-refractivity contribution is -0.143. The number of amides is 7. The van der Waals surface area contributed by atoms with Gasteiger partial charge in [-0.3, -0.25) is 33.6 Å². The van der Waals surface area contributed by atoms with E-state index in [1.165, 1.54) is 16.7 Å². The fourth-order valence-electron chi connectivity index (χ4n) is 7.28. The van der Waals surface area contributed by atoms with Gasteiger partial charge in [0.15, 0.2) is 0 Å². The number of hydrogen-bond acceptors (Lipinski definition) is 7. The van der Waals surface area contributed by atoms with Crippen molar-refractivity contribution in [2.45, 2.75) is 102 Å². The smallest absolute Gasteiger partial charge is 0.246 e. The van der Waals surface area contributed by atoms with Crippen molar-refractivity contribution in [2.75, 3.05) is 19.6 Å². The summed E-state index contributed by atoms with van der Waals surface area (Å²) in [6.07, 6.45) is 2.37. The Hall–Kier alpha value is -5.27. The minimum atomic E-state index is -1.09. The van der Waals surface area contributed by atoms with Gasteiger partial charge in [0.1, 0.15) is 36.3 Å². The Balaban J connectivity index is 1.46. The maximum atomic E-state index is 14.1. The van der Waals surface area contributed by atoms with E-state index >= 15 is 0 Å². The zero-order valence-corrected chi connectivity index (χ0v) is 30.6. The van der Waals surface area contributed by atoms with Gasteiger partial charge < -0.3 is 36.4 Å². The fourth-order valence-corrected chi connectivity index (χ4v) is 7.28. The Labute approximate surface area is 310 Å². The molecule has 3 aliphatic rings. The van der Waals surface area contributed by atoms with Gasteiger partial charge in [0.2, 0.25) is 41.4 Å². The van der Waals surface area contributed by atoms with Crippen LogP contribution in [-0.4, -0.2) is 107 Å². The van der Waals surface area contributed by atoms with Crippen LogP contribution in [0.3, 0.4) is 0 Å². The first-order valence-electron chi connectivity index (χ1n) is 18.6. The summed E-state index contributed by atoms with van der Waals surface area (Å²) >= 11 is 0. The first kappa shape index (κ1) is 38.9. The molecule has 7 amide bonds. The number of nitrogens with one attached hydrogen (secondary N) is 5. The zero-order valence-electron chi connectivity index (χ0n) is 30.6. The SMILES string of the molecule is CC(C)CC1NC(=O)C(Cc2ccccc2)NC(=O)CNC(=O)C2CCCN2C(=O)C(Cc2ccccc2)NC(=O)C(C)NC(=O)C2CCCN2C1=O. The Morgan fingerprint density at radius 3 is 1.68 bits per heavy atom. The zero-order chi connectivity index (χ0) is 38.1. The summed E-state index contributed by atoms with van der Waals surface area (Å²) in [5.41, 5.74) is 1.56. The van der Waals surface area contributed by atoms with Gasteiger partial charge in [0, 0.05) is 25.9 Å². The molecule has 5 N–H and O–H groups in total. The summed E-state index contributed by atoms with van der Waals surface area (Å²) in [4.78, 5) is 99.1. The molecule has 14 heteroatoms. The molecule has 3 heterocycles. The number of benzene rings is 2. The normalized spacial score (nSPS) is 26.8. The molecule has 14 nitrogen and oxygen atoms in total. The first-order chi connectivity index (χ1) is 25.4. The summed E-state index contributed by atoms with van der Waals surface area (Å²) in [7, 11) is 0. The molecule has 0 spiro atoms. The minimum absolute atomic E-state index is 0.00334. The molecule has 2 aromatic carbocycles. The molecule has 5 rings (SSSR count). The highest BCUT2D eigenvalue weighted by Gasteiger charge is 2.41. The van der Waals surface area contributed by atoms with E-state index in [9.17, 15) is 33.6 Å². The molecule has 0 aromatic heterocycles. The number of hydrogen-bond donors (Lipinski definition) is 5. The van der Waals surface area contributed by atoms with Crippen LogP contribution >= 0.6 is 0 Å². The Bertz CT molecular complexity index is 1650. The van der Waals surface area contributed by atoms with E-state index in [0.717, 1.165) is 11.1 Å². The molecule has 2 aromatic rings. The summed E-state index contributed by atoms with van der Waals surface area (Å²) in [5.74, 6) is -3.75. The molecule has 53 heavy (non-hydrogen) atoms. The van der Waals surface area contributed by atoms with Gasteiger partial charge in [-0.15, -0.1) is 0 Å². The van der Waals surface area contributed by atoms with Crippen molar-refractivity contribution in [1.82, 2.24) is 36.4 Å². The van der Waals surface area contributed by atoms with Crippen molar-refractivity contribution in [3.05, 3.63) is 71.8 Å². The standard InChI is InChI=1S/C39H51N7O7/c1-24(2)20-29-38(52)46-19-11-17-32(46)37(51)41-25(3)34(48)43-30(22-27-14-8-5-9-15-27)39(53)45-18-10-16-31(45)36(50)40-23-33(47)42-28(35(49)44-29)21-26-12-6-4-7-13-26/h4-9,12-15,24-25,28-32H,10-11,16-23H2,1-3H3,(H,40,50)(H,41,51)(H,42,47)(H,43,48)(H,44,49). The molecule has 0 aliphatic carbocycles. The lowest BCUT2D eigenvalue weighted by atomic mass is 10.00. The third-order valence-corrected chi connectivity index (χ3v) is 10.0. The monoisotopic (exact) mass is 729 g/mol. The maximum absolute atomic E-state index is 14.1. The third-order valence-electron chi connectivity index (χ3n) is 10.0. The minimum Gasteiger partial charge on any atom is -0.345 e. The lowest BCUT2D eigenvalue weighted by Crippen LogP contribution is -2.59. The second-order valence-corrected chi connectivity index (χ2v) is 14.6. The number of carbonyl (C=O) groups is 7. The third kappa shape index (κ3) is 10.2. The van der Waals surface area contributed by atoms with E-state index < -0.39 is 84.1 Å². The summed E-state index contributed by atoms with van der Waals surface area (Å²) < 4.78 is 0. The van der Waals surface area contributed by atoms with Crippen molar-refractivity contribution in [1.29, 1.82) is 0 Å². The molecule has 6 unspecified atom stereocenters. The molecule has 0 bridgehead atoms. The molecular weight excluding hydrogens is 678 g/mol. The van der Waals surface area contributed by atoms with Crippen molar-refractivity contribution < 1.29 is 33.6 Å². The molecule has 0 saturated carbocycles. The van der Waals surface area contributed by atoms with Gasteiger partial charge in [-0.2, -0.15) is 0 Å². The van der Waals surface area contributed by atoms with Crippen molar-refractivity contribution >= 4 is 41.4 Å². The molecule has 284 valence electrons. The molecule has 3 fully saturated rings. The number of rotatable bonds is 6. The van der Waals surface area contributed by atoms with Crippen molar-refractivity contribution in [2.24, 2.45) is 5.92 Å². The largest absolute Gasteiger partial charge is 0.345 e. The van der Waals surface area contributed by atoms with Gasteiger partial charge in [-0.05, 0) is 56.1 Å². The van der Waals surface area contributed by atoms with E-state index in [2.05, 4.69) is 26.6 Å². The Kier molecular flexibility index (Phi) is 13.2. The fraction of sp³-hybridized carbons (Fsp3) is 0.513. The summed E-state index contributed by atoms with van der Waals surface area (Å²) in [6.45, 7) is 5.46. The lowest BCUT2D eigenvalue weighted by Gasteiger charge is -2.31. The highest BCUT2D eigenvalue weighted by molar-refractivity contribution is 5.98. The van der Waals surface area contributed by atoms with Crippen LogP contribution in [-0.2, 0) is 46.4 Å². The highest BCUT2D eigenvalue weighted by Crippen LogP contribution is 2.22. The summed E-state index contributed by atoms with van der Waals surface area (Å²) in [6, 6.07) is 12.3. The molecule has 3 aliphatic heterocycles. The average Bonchev–Trinajstić information content (AvgIpc) is 3.84. The van der Waals surface area contributed by atoms with Gasteiger partial charge in [-0.1, -0.05) is 74.5 Å². The topological polar surface area (TPSA) is 186 Å². The molecule has 3 saturated heterocycles. The van der Waals surface area contributed by atoms with Crippen LogP contribution < -0.4 is 26.6 Å². The predicted molar refractivity (Wildman–Crippen MR) is 196 cm³/mol. The van der Waals surface area contributed by atoms with Crippen LogP contribution in [0.5, 0.6) is 0 Å². The quantitative estimate of drug-likeness (QED) is 0.288. The van der Waals surface area contributed by atoms with Crippen LogP contribution in [0.1, 0.15) is 64.0 Å². The van der Waals surface area contributed by atoms with Crippen molar-refractivity contribution in [3.63, 3.8) is 0 Å². The number of nitrogens with zero attached hydrogens (tertiary/aromatic N) is 2. The number of carbonyl (C=O) groups excluding carboxylic acids is 7. The molecule has 0 radical (unpaired) electrons. The van der Waals surface area contributed by atoms with E-state index in [1.54, 1.807) is 0 Å². The molecule has 6 atom stereocenters. The van der Waals surface area contributed by atoms with Crippen LogP contribution in [0.25, 0.3) is 0 Å². The maximum Gasteiger partial charge on any atom is 0.246 e. The van der Waals surface area contributed by atoms with E-state index in [1.807, 2.05) is 74.5 Å². The average molecular weight is 730 g/mol. The Morgan fingerprint density at radius 2 is 1.11 bits per heavy atom. The highest BCUT2D eigenvalue weighted by atomic mass is 16.2. The van der Waals surface area contributed by atoms with Gasteiger partial charge in [-0.25, -0.2) is 0 Å². The summed E-state index contributed by atoms with van der Waals surface area (Å²) in [5, 5.41) is 13.8. The van der Waals surface area contributed by atoms with E-state index in [0.29, 0.717) is 25.7 Å². The van der Waals surface area contributed by atoms with Crippen LogP contribution in [0, 0.1) is 5.92 Å². The van der Waals surface area contributed by atoms with Crippen LogP contribution in [0.4, 0.5) is 0 Å². The second-order valence-electron chi connectivity index (χ2n) is 14.6. The van der Waals surface area contributed by atoms with Gasteiger partial charge >= 0.3 is 0 Å². The van der Waals surface area contributed by atoms with Crippen molar-refractivity contribution in [3.8, 4) is 0 Å². The first-order valence-corrected chi connectivity index (χ1v) is 18.6. The van der Waals surface area contributed by atoms with E-state index in [-0.39, 0.29) is 38.3 Å². The van der Waals surface area contributed by atoms with Crippen LogP contribution in [0.15, 0.2) is 60.7 Å². The van der Waals surface area contributed by atoms with Crippen LogP contribution in [0.2, 0.25) is 0 Å². The Morgan fingerprint density at radius 1 is 0.604 bits per heavy atom. The number of fused-ring (bicyclic) bond motifs is 2. The van der Waals surface area contributed by atoms with Gasteiger partial charge in [0.05, 0.1) is 6.54 Å². The second kappa shape index (κ2) is 18.0.